The number of hydrogen-bond acceptors (Lipinski definition) is 4. The van der Waals surface area contributed by atoms with Gasteiger partial charge in [-0.3, -0.25) is 9.59 Å². The van der Waals surface area contributed by atoms with Crippen molar-refractivity contribution in [3.8, 4) is 0 Å². The third-order valence-electron chi connectivity index (χ3n) is 4.34. The fraction of sp³-hybridized carbons (Fsp3) is 0. The Labute approximate surface area is 156 Å². The van der Waals surface area contributed by atoms with Crippen molar-refractivity contribution in [2.45, 2.75) is 0 Å². The molecule has 7 nitrogen and oxygen atoms in total. The van der Waals surface area contributed by atoms with Crippen LogP contribution in [-0.4, -0.2) is 21.8 Å². The summed E-state index contributed by atoms with van der Waals surface area (Å²) < 4.78 is 27.2. The van der Waals surface area contributed by atoms with Crippen molar-refractivity contribution < 1.29 is 18.4 Å². The van der Waals surface area contributed by atoms with E-state index in [0.29, 0.717) is 27.5 Å². The number of benzene rings is 2. The van der Waals surface area contributed by atoms with Crippen LogP contribution < -0.4 is 16.6 Å². The molecule has 0 unspecified atom stereocenters. The van der Waals surface area contributed by atoms with E-state index in [1.165, 1.54) is 6.07 Å². The number of aromatic nitrogens is 2. The van der Waals surface area contributed by atoms with Gasteiger partial charge in [-0.25, -0.2) is 24.6 Å². The van der Waals surface area contributed by atoms with Crippen molar-refractivity contribution in [1.29, 1.82) is 0 Å². The molecule has 0 radical (unpaired) electrons. The Morgan fingerprint density at radius 2 is 1.79 bits per heavy atom. The van der Waals surface area contributed by atoms with E-state index in [-0.39, 0.29) is 17.1 Å². The molecule has 2 heterocycles. The molecule has 0 saturated heterocycles. The Kier molecular flexibility index (Phi) is 4.01. The van der Waals surface area contributed by atoms with Gasteiger partial charge in [-0.15, -0.1) is 0 Å². The maximum absolute atomic E-state index is 14.0. The molecule has 0 bridgehead atoms. The largest absolute Gasteiger partial charge is 0.364 e. The molecule has 0 saturated carbocycles. The highest BCUT2D eigenvalue weighted by atomic mass is 19.1. The number of H-pyrrole nitrogens is 1. The number of primary amides is 1. The molecule has 2 aromatic heterocycles. The fourth-order valence-electron chi connectivity index (χ4n) is 3.03. The van der Waals surface area contributed by atoms with Gasteiger partial charge in [0.2, 0.25) is 0 Å². The van der Waals surface area contributed by atoms with Crippen LogP contribution in [0.4, 0.5) is 14.5 Å². The number of hydrogen-bond donors (Lipinski definition) is 3. The summed E-state index contributed by atoms with van der Waals surface area (Å²) in [6, 6.07) is 11.2. The minimum Gasteiger partial charge on any atom is -0.364 e. The summed E-state index contributed by atoms with van der Waals surface area (Å²) in [6.07, 6.45) is 0. The second-order valence-electron chi connectivity index (χ2n) is 6.08. The number of carbonyl (C=O) groups excluding carboxylic acids is 2. The van der Waals surface area contributed by atoms with Crippen LogP contribution in [0.1, 0.15) is 21.0 Å². The zero-order valence-electron chi connectivity index (χ0n) is 14.2. The quantitative estimate of drug-likeness (QED) is 0.287. The zero-order chi connectivity index (χ0) is 20.0. The van der Waals surface area contributed by atoms with Crippen LogP contribution in [-0.2, 0) is 0 Å². The first-order valence-corrected chi connectivity index (χ1v) is 8.12. The maximum atomic E-state index is 14.0. The predicted octanol–water partition coefficient (Wildman–Crippen LogP) is 2.61. The number of halogens is 2. The molecular formula is C19H13F2N5O2. The molecule has 2 aromatic carbocycles. The molecule has 0 aliphatic heterocycles. The van der Waals surface area contributed by atoms with Crippen molar-refractivity contribution in [2.75, 3.05) is 5.01 Å². The van der Waals surface area contributed by atoms with Gasteiger partial charge in [-0.1, -0.05) is 18.2 Å². The van der Waals surface area contributed by atoms with Gasteiger partial charge in [0.25, 0.3) is 11.8 Å². The van der Waals surface area contributed by atoms with E-state index in [2.05, 4.69) is 9.97 Å². The number of carbonyl (C=O) groups is 2. The molecule has 0 fully saturated rings. The lowest BCUT2D eigenvalue weighted by molar-refractivity contribution is 0.0982. The SMILES string of the molecule is NC(=O)c1cc2c([nH]c3ccccc32)c(C(=O)N(N)c2ccc(F)cc2F)n1. The first-order valence-electron chi connectivity index (χ1n) is 8.12. The van der Waals surface area contributed by atoms with Crippen molar-refractivity contribution >= 4 is 39.3 Å². The Balaban J connectivity index is 1.93. The summed E-state index contributed by atoms with van der Waals surface area (Å²) in [5.74, 6) is 2.22. The van der Waals surface area contributed by atoms with E-state index in [1.807, 2.05) is 0 Å². The summed E-state index contributed by atoms with van der Waals surface area (Å²) in [4.78, 5) is 31.7. The lowest BCUT2D eigenvalue weighted by Crippen LogP contribution is -2.39. The van der Waals surface area contributed by atoms with E-state index >= 15 is 0 Å². The number of nitrogens with two attached hydrogens (primary N) is 2. The monoisotopic (exact) mass is 381 g/mol. The molecule has 0 aliphatic rings. The fourth-order valence-corrected chi connectivity index (χ4v) is 3.03. The summed E-state index contributed by atoms with van der Waals surface area (Å²) in [6.45, 7) is 0. The first-order chi connectivity index (χ1) is 13.4. The van der Waals surface area contributed by atoms with Gasteiger partial charge in [-0.2, -0.15) is 0 Å². The lowest BCUT2D eigenvalue weighted by Gasteiger charge is -2.17. The molecule has 0 spiro atoms. The van der Waals surface area contributed by atoms with Gasteiger partial charge in [0.05, 0.1) is 11.2 Å². The average molecular weight is 381 g/mol. The predicted molar refractivity (Wildman–Crippen MR) is 99.5 cm³/mol. The number of nitrogens with zero attached hydrogens (tertiary/aromatic N) is 2. The number of amides is 2. The second kappa shape index (κ2) is 6.39. The summed E-state index contributed by atoms with van der Waals surface area (Å²) in [5, 5.41) is 1.79. The normalized spacial score (nSPS) is 11.1. The van der Waals surface area contributed by atoms with Gasteiger partial charge < -0.3 is 10.7 Å². The first kappa shape index (κ1) is 17.6. The van der Waals surface area contributed by atoms with Gasteiger partial charge in [0, 0.05) is 22.4 Å². The molecule has 140 valence electrons. The van der Waals surface area contributed by atoms with Crippen LogP contribution >= 0.6 is 0 Å². The van der Waals surface area contributed by atoms with Gasteiger partial charge in [-0.05, 0) is 24.3 Å². The smallest absolute Gasteiger partial charge is 0.293 e. The molecule has 4 rings (SSSR count). The molecule has 9 heteroatoms. The Bertz CT molecular complexity index is 1270. The van der Waals surface area contributed by atoms with E-state index in [4.69, 9.17) is 11.6 Å². The number of anilines is 1. The highest BCUT2D eigenvalue weighted by Crippen LogP contribution is 2.29. The topological polar surface area (TPSA) is 118 Å². The number of hydrazine groups is 1. The third kappa shape index (κ3) is 2.74. The van der Waals surface area contributed by atoms with Crippen LogP contribution in [0.15, 0.2) is 48.5 Å². The number of nitrogens with one attached hydrogen (secondary N) is 1. The van der Waals surface area contributed by atoms with Crippen molar-refractivity contribution in [3.05, 3.63) is 71.6 Å². The highest BCUT2D eigenvalue weighted by Gasteiger charge is 2.24. The Morgan fingerprint density at radius 3 is 2.50 bits per heavy atom. The molecule has 2 amide bonds. The lowest BCUT2D eigenvalue weighted by atomic mass is 10.1. The van der Waals surface area contributed by atoms with E-state index < -0.39 is 23.4 Å². The van der Waals surface area contributed by atoms with Gasteiger partial charge >= 0.3 is 0 Å². The summed E-state index contributed by atoms with van der Waals surface area (Å²) in [5.41, 5.74) is 5.66. The molecule has 4 aromatic rings. The average Bonchev–Trinajstić information content (AvgIpc) is 3.05. The third-order valence-corrected chi connectivity index (χ3v) is 4.34. The number of pyridine rings is 1. The Hall–Kier alpha value is -3.85. The highest BCUT2D eigenvalue weighted by molar-refractivity contribution is 6.18. The van der Waals surface area contributed by atoms with Crippen LogP contribution in [0.2, 0.25) is 0 Å². The van der Waals surface area contributed by atoms with Crippen LogP contribution in [0.3, 0.4) is 0 Å². The standard InChI is InChI=1S/C19H13F2N5O2/c20-9-5-6-15(12(21)7-9)26(23)19(28)17-16-11(8-14(25-17)18(22)27)10-3-1-2-4-13(10)24-16/h1-8,24H,23H2,(H2,22,27). The molecule has 5 N–H and O–H groups in total. The van der Waals surface area contributed by atoms with E-state index in [0.717, 1.165) is 17.5 Å². The van der Waals surface area contributed by atoms with Gasteiger partial charge in [0.1, 0.15) is 11.5 Å². The molecule has 0 aliphatic carbocycles. The van der Waals surface area contributed by atoms with Crippen molar-refractivity contribution in [2.24, 2.45) is 11.6 Å². The number of rotatable bonds is 3. The molecule has 0 atom stereocenters. The van der Waals surface area contributed by atoms with Crippen molar-refractivity contribution in [1.82, 2.24) is 9.97 Å². The summed E-state index contributed by atoms with van der Waals surface area (Å²) >= 11 is 0. The van der Waals surface area contributed by atoms with E-state index in [9.17, 15) is 18.4 Å². The number of fused-ring (bicyclic) bond motifs is 3. The minimum atomic E-state index is -1.02. The van der Waals surface area contributed by atoms with Gasteiger partial charge in [0.15, 0.2) is 11.5 Å². The van der Waals surface area contributed by atoms with Crippen LogP contribution in [0, 0.1) is 11.6 Å². The van der Waals surface area contributed by atoms with Crippen molar-refractivity contribution in [3.63, 3.8) is 0 Å². The maximum Gasteiger partial charge on any atom is 0.293 e. The van der Waals surface area contributed by atoms with Crippen LogP contribution in [0.25, 0.3) is 21.8 Å². The molecular weight excluding hydrogens is 368 g/mol. The molecule has 28 heavy (non-hydrogen) atoms. The van der Waals surface area contributed by atoms with E-state index in [1.54, 1.807) is 24.3 Å². The minimum absolute atomic E-state index is 0.145. The number of para-hydroxylation sites is 1. The van der Waals surface area contributed by atoms with Crippen LogP contribution in [0.5, 0.6) is 0 Å². The Morgan fingerprint density at radius 1 is 1.04 bits per heavy atom. The number of aromatic amines is 1. The second-order valence-corrected chi connectivity index (χ2v) is 6.08. The summed E-state index contributed by atoms with van der Waals surface area (Å²) in [7, 11) is 0. The zero-order valence-corrected chi connectivity index (χ0v) is 14.2.